The summed E-state index contributed by atoms with van der Waals surface area (Å²) in [5, 5.41) is 15.0. The Hall–Kier alpha value is -3.06. The van der Waals surface area contributed by atoms with E-state index in [9.17, 15) is 6.51 Å². The van der Waals surface area contributed by atoms with Crippen LogP contribution in [0.4, 0.5) is 17.3 Å². The van der Waals surface area contributed by atoms with Crippen molar-refractivity contribution >= 4 is 47.5 Å². The van der Waals surface area contributed by atoms with Crippen LogP contribution in [0, 0.1) is 10.5 Å². The zero-order valence-corrected chi connectivity index (χ0v) is 23.2. The number of hydrogen-bond donors (Lipinski definition) is 4. The molecule has 0 amide bonds. The Balaban J connectivity index is 1.28. The molecule has 4 N–H and O–H groups in total. The zero-order valence-electron chi connectivity index (χ0n) is 21.0. The van der Waals surface area contributed by atoms with E-state index in [0.717, 1.165) is 58.7 Å². The average Bonchev–Trinajstić information content (AvgIpc) is 3.43. The van der Waals surface area contributed by atoms with Crippen LogP contribution >= 0.6 is 19.1 Å². The molecule has 0 saturated carbocycles. The normalized spacial score (nSPS) is 16.4. The van der Waals surface area contributed by atoms with Crippen LogP contribution in [-0.2, 0) is 3.07 Å². The molecule has 4 aromatic rings. The van der Waals surface area contributed by atoms with Crippen molar-refractivity contribution in [3.63, 3.8) is 0 Å². The molecule has 37 heavy (non-hydrogen) atoms. The van der Waals surface area contributed by atoms with Crippen molar-refractivity contribution in [1.29, 1.82) is 0 Å². The minimum Gasteiger partial charge on any atom is -0.0311 e. The molecule has 1 atom stereocenters. The van der Waals surface area contributed by atoms with E-state index in [-0.39, 0.29) is 0 Å². The molecule has 1 aliphatic heterocycles. The van der Waals surface area contributed by atoms with Gasteiger partial charge in [0.1, 0.15) is 0 Å². The molecule has 9 nitrogen and oxygen atoms in total. The quantitative estimate of drug-likeness (QED) is 0.155. The van der Waals surface area contributed by atoms with Gasteiger partial charge in [0.25, 0.3) is 0 Å². The molecule has 3 aromatic carbocycles. The largest absolute Gasteiger partial charge is 0.0311 e. The Kier molecular flexibility index (Phi) is 7.70. The Bertz CT molecular complexity index is 1440. The van der Waals surface area contributed by atoms with Crippen LogP contribution in [0.5, 0.6) is 0 Å². The fraction of sp³-hybridized carbons (Fsp3) is 0.296. The van der Waals surface area contributed by atoms with Crippen molar-refractivity contribution in [1.82, 2.24) is 23.6 Å². The van der Waals surface area contributed by atoms with Crippen molar-refractivity contribution in [2.24, 2.45) is 0 Å². The number of aryl methyl sites for hydroxylation is 1. The summed E-state index contributed by atoms with van der Waals surface area (Å²) < 4.78 is 26.7. The average molecular weight is 614 g/mol. The van der Waals surface area contributed by atoms with E-state index in [1.54, 1.807) is 24.3 Å². The summed E-state index contributed by atoms with van der Waals surface area (Å²) in [7, 11) is 1.90. The fourth-order valence-corrected chi connectivity index (χ4v) is 7.28. The molecular formula is C27H32IN7O2. The number of hydrogen-bond acceptors (Lipinski definition) is 7. The van der Waals surface area contributed by atoms with Gasteiger partial charge in [-0.25, -0.2) is 0 Å². The van der Waals surface area contributed by atoms with Gasteiger partial charge >= 0.3 is 180 Å². The van der Waals surface area contributed by atoms with Gasteiger partial charge in [0.05, 0.1) is 0 Å². The van der Waals surface area contributed by atoms with Gasteiger partial charge in [-0.15, -0.1) is 0 Å². The molecule has 1 unspecified atom stereocenters. The summed E-state index contributed by atoms with van der Waals surface area (Å²) >= 11 is -4.43. The standard InChI is InChI=1S/C27H32IN7O2/c1-19-16-21(20-6-5-7-24(17-20)29-2)18-25-26(19)32-27(34-33-25)31-23-10-8-22(9-11-23)28(36,37)30-12-15-35-13-3-4-14-35/h5-11,16-18,29H,3-4,12-15H2,1-2H3,(H2,30,36,37)(H,31,32,34). The molecule has 5 rings (SSSR count). The van der Waals surface area contributed by atoms with Crippen LogP contribution in [-0.4, -0.2) is 56.7 Å². The molecule has 10 heteroatoms. The Morgan fingerprint density at radius 2 is 1.76 bits per heavy atom. The van der Waals surface area contributed by atoms with E-state index in [4.69, 9.17) is 0 Å². The van der Waals surface area contributed by atoms with Crippen LogP contribution in [0.2, 0.25) is 0 Å². The predicted octanol–water partition coefficient (Wildman–Crippen LogP) is 4.85. The van der Waals surface area contributed by atoms with Gasteiger partial charge in [-0.2, -0.15) is 0 Å². The molecule has 0 spiro atoms. The number of aromatic nitrogens is 3. The maximum Gasteiger partial charge on any atom is -0.0311 e. The number of nitrogens with one attached hydrogen (secondary N) is 3. The number of fused-ring (bicyclic) bond motifs is 1. The maximum atomic E-state index is 12.8. The van der Waals surface area contributed by atoms with Crippen LogP contribution < -0.4 is 14.2 Å². The number of rotatable bonds is 9. The number of likely N-dealkylation sites (tertiary alicyclic amines) is 1. The molecule has 2 heterocycles. The van der Waals surface area contributed by atoms with E-state index in [1.165, 1.54) is 12.8 Å². The van der Waals surface area contributed by atoms with E-state index in [2.05, 4.69) is 52.4 Å². The van der Waals surface area contributed by atoms with Crippen LogP contribution in [0.15, 0.2) is 60.7 Å². The Morgan fingerprint density at radius 1 is 0.973 bits per heavy atom. The van der Waals surface area contributed by atoms with Gasteiger partial charge < -0.3 is 5.32 Å². The molecule has 194 valence electrons. The number of halogens is 1. The van der Waals surface area contributed by atoms with E-state index in [0.29, 0.717) is 16.1 Å². The van der Waals surface area contributed by atoms with Gasteiger partial charge in [-0.05, 0) is 12.1 Å². The summed E-state index contributed by atoms with van der Waals surface area (Å²) in [5.74, 6) is 0.371. The minimum atomic E-state index is -4.43. The van der Waals surface area contributed by atoms with Crippen molar-refractivity contribution in [2.75, 3.05) is 43.9 Å². The van der Waals surface area contributed by atoms with E-state index >= 15 is 0 Å². The molecular weight excluding hydrogens is 581 g/mol. The first kappa shape index (κ1) is 25.6. The summed E-state index contributed by atoms with van der Waals surface area (Å²) in [6.45, 7) is 5.46. The Labute approximate surface area is 221 Å². The van der Waals surface area contributed by atoms with Gasteiger partial charge in [0, 0.05) is 12.7 Å². The summed E-state index contributed by atoms with van der Waals surface area (Å²) in [6, 6.07) is 19.2. The molecule has 1 saturated heterocycles. The first-order chi connectivity index (χ1) is 17.9. The number of nitrogens with zero attached hydrogens (tertiary/aromatic N) is 4. The zero-order chi connectivity index (χ0) is 25.8. The van der Waals surface area contributed by atoms with Crippen LogP contribution in [0.1, 0.15) is 18.4 Å². The third kappa shape index (κ3) is 6.09. The topological polar surface area (TPSA) is 115 Å². The second kappa shape index (κ2) is 11.1. The van der Waals surface area contributed by atoms with Gasteiger partial charge in [-0.1, -0.05) is 12.1 Å². The maximum absolute atomic E-state index is 12.8. The van der Waals surface area contributed by atoms with Crippen molar-refractivity contribution in [3.8, 4) is 11.1 Å². The first-order valence-corrected chi connectivity index (χ1v) is 16.4. The molecule has 0 radical (unpaired) electrons. The van der Waals surface area contributed by atoms with Crippen molar-refractivity contribution in [3.05, 3.63) is 69.8 Å². The molecule has 1 aliphatic rings. The second-order valence-electron chi connectivity index (χ2n) is 9.18. The SMILES string of the molecule is CNc1cccc(-c2cc(C)c3nc(Nc4ccc(I(=O)(O)NCCN5CCCC5)cc4)nnc3c2)c1. The molecule has 1 fully saturated rings. The third-order valence-electron chi connectivity index (χ3n) is 6.53. The number of benzene rings is 3. The molecule has 0 aliphatic carbocycles. The van der Waals surface area contributed by atoms with Crippen LogP contribution in [0.25, 0.3) is 22.2 Å². The van der Waals surface area contributed by atoms with Crippen molar-refractivity contribution < 1.29 is 6.51 Å². The van der Waals surface area contributed by atoms with Crippen LogP contribution in [0.3, 0.4) is 0 Å². The molecule has 0 bridgehead atoms. The predicted molar refractivity (Wildman–Crippen MR) is 156 cm³/mol. The minimum absolute atomic E-state index is 0.371. The monoisotopic (exact) mass is 613 g/mol. The van der Waals surface area contributed by atoms with Gasteiger partial charge in [-0.3, -0.25) is 0 Å². The molecule has 1 aromatic heterocycles. The number of anilines is 3. The smallest absolute Gasteiger partial charge is 0.0311 e. The Morgan fingerprint density at radius 3 is 2.51 bits per heavy atom. The van der Waals surface area contributed by atoms with E-state index < -0.39 is 19.1 Å². The third-order valence-corrected chi connectivity index (χ3v) is 10.5. The summed E-state index contributed by atoms with van der Waals surface area (Å²) in [4.78, 5) is 6.99. The summed E-state index contributed by atoms with van der Waals surface area (Å²) in [6.07, 6.45) is 2.42. The van der Waals surface area contributed by atoms with Gasteiger partial charge in [0.15, 0.2) is 0 Å². The fourth-order valence-electron chi connectivity index (χ4n) is 4.53. The summed E-state index contributed by atoms with van der Waals surface area (Å²) in [5.41, 5.74) is 6.40. The first-order valence-electron chi connectivity index (χ1n) is 12.4. The second-order valence-corrected chi connectivity index (χ2v) is 14.0. The van der Waals surface area contributed by atoms with Crippen molar-refractivity contribution in [2.45, 2.75) is 19.8 Å². The van der Waals surface area contributed by atoms with Gasteiger partial charge in [0.2, 0.25) is 0 Å². The van der Waals surface area contributed by atoms with E-state index in [1.807, 2.05) is 32.2 Å².